The zero-order chi connectivity index (χ0) is 28.8. The van der Waals surface area contributed by atoms with Crippen LogP contribution in [0.3, 0.4) is 0 Å². The van der Waals surface area contributed by atoms with Crippen LogP contribution in [0, 0.1) is 0 Å². The number of fused-ring (bicyclic) bond motifs is 1. The van der Waals surface area contributed by atoms with E-state index in [1.54, 1.807) is 35.5 Å². The van der Waals surface area contributed by atoms with E-state index in [0.717, 1.165) is 53.1 Å². The van der Waals surface area contributed by atoms with Crippen molar-refractivity contribution in [2.24, 2.45) is 0 Å². The Labute approximate surface area is 242 Å². The van der Waals surface area contributed by atoms with Crippen molar-refractivity contribution >= 4 is 5.69 Å². The highest BCUT2D eigenvalue weighted by Gasteiger charge is 2.39. The fourth-order valence-electron chi connectivity index (χ4n) is 5.62. The fourth-order valence-corrected chi connectivity index (χ4v) is 5.62. The van der Waals surface area contributed by atoms with Crippen molar-refractivity contribution in [1.29, 1.82) is 0 Å². The third-order valence-electron chi connectivity index (χ3n) is 8.02. The quantitative estimate of drug-likeness (QED) is 0.317. The number of hydrogen-bond acceptors (Lipinski definition) is 9. The molecule has 1 saturated heterocycles. The number of hydrogen-bond donors (Lipinski definition) is 0. The van der Waals surface area contributed by atoms with Gasteiger partial charge in [0.2, 0.25) is 0 Å². The van der Waals surface area contributed by atoms with Gasteiger partial charge in [-0.15, -0.1) is 0 Å². The summed E-state index contributed by atoms with van der Waals surface area (Å²) < 4.78 is 40.5. The number of ether oxygens (including phenoxy) is 7. The average Bonchev–Trinajstić information content (AvgIpc) is 3.46. The molecule has 0 radical (unpaired) electrons. The van der Waals surface area contributed by atoms with Gasteiger partial charge in [-0.25, -0.2) is 0 Å². The van der Waals surface area contributed by atoms with Gasteiger partial charge in [-0.05, 0) is 54.1 Å². The number of likely N-dealkylation sites (tertiary alicyclic amines) is 1. The molecule has 220 valence electrons. The molecule has 1 fully saturated rings. The zero-order valence-electron chi connectivity index (χ0n) is 24.4. The second kappa shape index (κ2) is 13.3. The zero-order valence-corrected chi connectivity index (χ0v) is 24.4. The Bertz CT molecular complexity index is 1240. The molecule has 0 N–H and O–H groups in total. The Kier molecular flexibility index (Phi) is 9.38. The first-order chi connectivity index (χ1) is 20.1. The number of benzene rings is 3. The Morgan fingerprint density at radius 2 is 1.29 bits per heavy atom. The highest BCUT2D eigenvalue weighted by atomic mass is 16.5. The van der Waals surface area contributed by atoms with Crippen LogP contribution >= 0.6 is 0 Å². The first-order valence-electron chi connectivity index (χ1n) is 13.8. The minimum Gasteiger partial charge on any atom is -0.497 e. The number of nitrogens with zero attached hydrogens (tertiary/aromatic N) is 2. The molecule has 9 heteroatoms. The summed E-state index contributed by atoms with van der Waals surface area (Å²) in [5.74, 6) is 3.97. The lowest BCUT2D eigenvalue weighted by Crippen LogP contribution is -2.50. The molecule has 0 bridgehead atoms. The largest absolute Gasteiger partial charge is 0.497 e. The van der Waals surface area contributed by atoms with Gasteiger partial charge >= 0.3 is 0 Å². The van der Waals surface area contributed by atoms with Crippen LogP contribution in [0.1, 0.15) is 11.6 Å². The molecule has 2 aliphatic heterocycles. The number of anilines is 1. The molecule has 0 spiro atoms. The smallest absolute Gasteiger partial charge is 0.146 e. The van der Waals surface area contributed by atoms with Gasteiger partial charge in [-0.1, -0.05) is 12.1 Å². The van der Waals surface area contributed by atoms with E-state index in [9.17, 15) is 0 Å². The van der Waals surface area contributed by atoms with Gasteiger partial charge in [0.15, 0.2) is 0 Å². The van der Waals surface area contributed by atoms with Gasteiger partial charge in [-0.2, -0.15) is 0 Å². The maximum Gasteiger partial charge on any atom is 0.146 e. The van der Waals surface area contributed by atoms with Gasteiger partial charge in [0.25, 0.3) is 0 Å². The summed E-state index contributed by atoms with van der Waals surface area (Å²) >= 11 is 0. The van der Waals surface area contributed by atoms with E-state index < -0.39 is 0 Å². The van der Waals surface area contributed by atoms with Gasteiger partial charge < -0.3 is 38.1 Å². The predicted molar refractivity (Wildman–Crippen MR) is 157 cm³/mol. The van der Waals surface area contributed by atoms with Crippen molar-refractivity contribution in [2.75, 3.05) is 73.3 Å². The number of rotatable bonds is 12. The van der Waals surface area contributed by atoms with E-state index in [2.05, 4.69) is 28.0 Å². The van der Waals surface area contributed by atoms with Crippen molar-refractivity contribution in [2.45, 2.75) is 24.3 Å². The van der Waals surface area contributed by atoms with E-state index in [0.29, 0.717) is 19.8 Å². The molecule has 41 heavy (non-hydrogen) atoms. The Morgan fingerprint density at radius 1 is 0.732 bits per heavy atom. The first kappa shape index (κ1) is 28.9. The van der Waals surface area contributed by atoms with Gasteiger partial charge in [0.1, 0.15) is 42.0 Å². The fraction of sp³-hybridized carbons (Fsp3) is 0.438. The highest BCUT2D eigenvalue weighted by molar-refractivity contribution is 5.64. The molecule has 5 rings (SSSR count). The maximum atomic E-state index is 6.38. The Balaban J connectivity index is 1.47. The first-order valence-corrected chi connectivity index (χ1v) is 13.8. The second-order valence-corrected chi connectivity index (χ2v) is 10.2. The monoisotopic (exact) mass is 564 g/mol. The lowest BCUT2D eigenvalue weighted by molar-refractivity contribution is -0.00461. The normalized spacial score (nSPS) is 21.1. The Hall–Kier alpha value is -3.66. The summed E-state index contributed by atoms with van der Waals surface area (Å²) in [4.78, 5) is 4.83. The van der Waals surface area contributed by atoms with E-state index in [1.807, 2.05) is 48.5 Å². The minimum absolute atomic E-state index is 0.00988. The SMILES string of the molecule is COc1ccc(OCC(CN2c3ccc(OC)cc3OCC2c2ccc(OC)cc2)N2CC(OC)C(OC)C2)cc1. The third kappa shape index (κ3) is 6.48. The van der Waals surface area contributed by atoms with Crippen LogP contribution in [0.4, 0.5) is 5.69 Å². The van der Waals surface area contributed by atoms with Crippen molar-refractivity contribution in [3.63, 3.8) is 0 Å². The predicted octanol–water partition coefficient (Wildman–Crippen LogP) is 4.45. The van der Waals surface area contributed by atoms with Crippen LogP contribution < -0.4 is 28.6 Å². The van der Waals surface area contributed by atoms with Crippen molar-refractivity contribution in [1.82, 2.24) is 4.90 Å². The standard InChI is InChI=1S/C32H40N2O7/c1-35-24-8-6-22(7-9-24)29-21-41-30-16-27(37-3)14-15-28(30)34(29)17-23(33-18-31(38-4)32(19-33)39-5)20-40-26-12-10-25(36-2)11-13-26/h6-16,23,29,31-32H,17-21H2,1-5H3. The molecule has 0 aliphatic carbocycles. The molecule has 0 aromatic heterocycles. The molecule has 9 nitrogen and oxygen atoms in total. The molecule has 2 heterocycles. The number of methoxy groups -OCH3 is 5. The van der Waals surface area contributed by atoms with Gasteiger partial charge in [0.05, 0.1) is 51.3 Å². The van der Waals surface area contributed by atoms with Gasteiger partial charge in [0, 0.05) is 39.9 Å². The maximum absolute atomic E-state index is 6.38. The summed E-state index contributed by atoms with van der Waals surface area (Å²) in [5, 5.41) is 0. The van der Waals surface area contributed by atoms with Crippen LogP contribution in [0.2, 0.25) is 0 Å². The molecular weight excluding hydrogens is 524 g/mol. The molecule has 0 amide bonds. The van der Waals surface area contributed by atoms with Crippen molar-refractivity contribution in [3.8, 4) is 28.7 Å². The molecule has 4 atom stereocenters. The van der Waals surface area contributed by atoms with Gasteiger partial charge in [-0.3, -0.25) is 4.90 Å². The highest BCUT2D eigenvalue weighted by Crippen LogP contribution is 2.42. The van der Waals surface area contributed by atoms with Crippen LogP contribution in [0.25, 0.3) is 0 Å². The topological polar surface area (TPSA) is 71.1 Å². The van der Waals surface area contributed by atoms with Crippen molar-refractivity contribution < 1.29 is 33.2 Å². The summed E-state index contributed by atoms with van der Waals surface area (Å²) in [6, 6.07) is 21.9. The lowest BCUT2D eigenvalue weighted by atomic mass is 10.0. The van der Waals surface area contributed by atoms with E-state index in [1.165, 1.54) is 0 Å². The lowest BCUT2D eigenvalue weighted by Gasteiger charge is -2.42. The Morgan fingerprint density at radius 3 is 1.88 bits per heavy atom. The minimum atomic E-state index is -0.0119. The van der Waals surface area contributed by atoms with Crippen LogP contribution in [0.15, 0.2) is 66.7 Å². The van der Waals surface area contributed by atoms with Crippen LogP contribution in [0.5, 0.6) is 28.7 Å². The van der Waals surface area contributed by atoms with E-state index >= 15 is 0 Å². The average molecular weight is 565 g/mol. The van der Waals surface area contributed by atoms with Crippen molar-refractivity contribution in [3.05, 3.63) is 72.3 Å². The van der Waals surface area contributed by atoms with Crippen LogP contribution in [-0.4, -0.2) is 91.5 Å². The summed E-state index contributed by atoms with van der Waals surface area (Å²) in [5.41, 5.74) is 2.16. The summed E-state index contributed by atoms with van der Waals surface area (Å²) in [7, 11) is 8.49. The van der Waals surface area contributed by atoms with E-state index in [-0.39, 0.29) is 24.3 Å². The second-order valence-electron chi connectivity index (χ2n) is 10.2. The molecule has 3 aromatic rings. The molecule has 4 unspecified atom stereocenters. The summed E-state index contributed by atoms with van der Waals surface area (Å²) in [6.07, 6.45) is -0.0239. The molecule has 0 saturated carbocycles. The van der Waals surface area contributed by atoms with Crippen LogP contribution in [-0.2, 0) is 9.47 Å². The third-order valence-corrected chi connectivity index (χ3v) is 8.02. The summed E-state index contributed by atoms with van der Waals surface area (Å²) in [6.45, 7) is 3.18. The van der Waals surface area contributed by atoms with E-state index in [4.69, 9.17) is 33.2 Å². The molecule has 2 aliphatic rings. The molecule has 3 aromatic carbocycles. The molecular formula is C32H40N2O7.